The van der Waals surface area contributed by atoms with Gasteiger partial charge >= 0.3 is 0 Å². The van der Waals surface area contributed by atoms with Gasteiger partial charge in [-0.25, -0.2) is 4.98 Å². The molecule has 19 heavy (non-hydrogen) atoms. The molecule has 0 aliphatic heterocycles. The topological polar surface area (TPSA) is 30.0 Å². The van der Waals surface area contributed by atoms with Gasteiger partial charge in [-0.1, -0.05) is 36.4 Å². The van der Waals surface area contributed by atoms with E-state index in [-0.39, 0.29) is 0 Å². The summed E-state index contributed by atoms with van der Waals surface area (Å²) in [6, 6.07) is 17.8. The van der Waals surface area contributed by atoms with Gasteiger partial charge in [0.05, 0.1) is 11.2 Å². The first-order chi connectivity index (χ1) is 9.28. The van der Waals surface area contributed by atoms with Crippen LogP contribution in [0.3, 0.4) is 0 Å². The molecule has 2 nitrogen and oxygen atoms in total. The van der Waals surface area contributed by atoms with Crippen molar-refractivity contribution < 1.29 is 4.79 Å². The van der Waals surface area contributed by atoms with E-state index in [1.807, 2.05) is 61.5 Å². The van der Waals surface area contributed by atoms with Crippen LogP contribution in [0.4, 0.5) is 0 Å². The first-order valence-electron chi connectivity index (χ1n) is 6.20. The summed E-state index contributed by atoms with van der Waals surface area (Å²) in [7, 11) is 0. The molecule has 2 heteroatoms. The maximum Gasteiger partial charge on any atom is 0.150 e. The number of pyridine rings is 1. The van der Waals surface area contributed by atoms with Crippen LogP contribution in [0.5, 0.6) is 0 Å². The van der Waals surface area contributed by atoms with Crippen LogP contribution in [0.15, 0.2) is 54.6 Å². The molecule has 0 radical (unpaired) electrons. The zero-order valence-corrected chi connectivity index (χ0v) is 10.6. The van der Waals surface area contributed by atoms with Crippen molar-refractivity contribution in [1.29, 1.82) is 0 Å². The van der Waals surface area contributed by atoms with Crippen molar-refractivity contribution in [3.05, 3.63) is 65.7 Å². The van der Waals surface area contributed by atoms with Crippen LogP contribution >= 0.6 is 0 Å². The number of aryl methyl sites for hydroxylation is 1. The third kappa shape index (κ3) is 2.13. The molecular formula is C17H13NO. The number of rotatable bonds is 2. The summed E-state index contributed by atoms with van der Waals surface area (Å²) in [5.74, 6) is 0. The molecule has 0 amide bonds. The lowest BCUT2D eigenvalue weighted by atomic mass is 10.0. The molecule has 0 bridgehead atoms. The monoisotopic (exact) mass is 247 g/mol. The van der Waals surface area contributed by atoms with Gasteiger partial charge in [0, 0.05) is 16.5 Å². The zero-order valence-electron chi connectivity index (χ0n) is 10.6. The van der Waals surface area contributed by atoms with E-state index in [1.54, 1.807) is 0 Å². The largest absolute Gasteiger partial charge is 0.298 e. The number of aromatic nitrogens is 1. The molecule has 0 atom stereocenters. The molecule has 0 saturated carbocycles. The smallest absolute Gasteiger partial charge is 0.150 e. The van der Waals surface area contributed by atoms with Gasteiger partial charge in [-0.05, 0) is 30.7 Å². The van der Waals surface area contributed by atoms with Crippen molar-refractivity contribution in [3.8, 4) is 11.3 Å². The number of benzene rings is 2. The number of nitrogens with zero attached hydrogens (tertiary/aromatic N) is 1. The Balaban J connectivity index is 2.22. The van der Waals surface area contributed by atoms with Gasteiger partial charge in [-0.15, -0.1) is 0 Å². The summed E-state index contributed by atoms with van der Waals surface area (Å²) in [6.07, 6.45) is 0.873. The highest BCUT2D eigenvalue weighted by molar-refractivity contribution is 5.90. The lowest BCUT2D eigenvalue weighted by Gasteiger charge is -2.06. The van der Waals surface area contributed by atoms with Crippen molar-refractivity contribution in [2.45, 2.75) is 6.92 Å². The third-order valence-corrected chi connectivity index (χ3v) is 3.21. The molecule has 1 heterocycles. The summed E-state index contributed by atoms with van der Waals surface area (Å²) in [4.78, 5) is 15.6. The number of hydrogen-bond donors (Lipinski definition) is 0. The summed E-state index contributed by atoms with van der Waals surface area (Å²) in [6.45, 7) is 1.98. The second-order valence-electron chi connectivity index (χ2n) is 4.59. The number of carbonyl (C=O) groups excluding carboxylic acids is 1. The van der Waals surface area contributed by atoms with Gasteiger partial charge in [-0.3, -0.25) is 4.79 Å². The number of carbonyl (C=O) groups is 1. The lowest BCUT2D eigenvalue weighted by molar-refractivity contribution is 0.112. The van der Waals surface area contributed by atoms with Gasteiger partial charge in [0.2, 0.25) is 0 Å². The third-order valence-electron chi connectivity index (χ3n) is 3.21. The maximum atomic E-state index is 10.9. The van der Waals surface area contributed by atoms with Gasteiger partial charge in [0.25, 0.3) is 0 Å². The van der Waals surface area contributed by atoms with E-state index >= 15 is 0 Å². The summed E-state index contributed by atoms with van der Waals surface area (Å²) >= 11 is 0. The Hall–Kier alpha value is -2.48. The Labute approximate surface area is 111 Å². The van der Waals surface area contributed by atoms with Gasteiger partial charge < -0.3 is 0 Å². The quantitative estimate of drug-likeness (QED) is 0.640. The highest BCUT2D eigenvalue weighted by Crippen LogP contribution is 2.23. The second kappa shape index (κ2) is 4.65. The van der Waals surface area contributed by atoms with E-state index in [0.717, 1.165) is 34.0 Å². The van der Waals surface area contributed by atoms with Crippen molar-refractivity contribution in [2.24, 2.45) is 0 Å². The molecule has 0 aliphatic rings. The van der Waals surface area contributed by atoms with E-state index in [1.165, 1.54) is 0 Å². The van der Waals surface area contributed by atoms with Crippen LogP contribution < -0.4 is 0 Å². The Morgan fingerprint density at radius 3 is 2.53 bits per heavy atom. The van der Waals surface area contributed by atoms with Crippen LogP contribution in [0.1, 0.15) is 15.9 Å². The van der Waals surface area contributed by atoms with E-state index < -0.39 is 0 Å². The molecule has 3 rings (SSSR count). The second-order valence-corrected chi connectivity index (χ2v) is 4.59. The Morgan fingerprint density at radius 2 is 1.79 bits per heavy atom. The normalized spacial score (nSPS) is 10.6. The summed E-state index contributed by atoms with van der Waals surface area (Å²) in [5, 5.41) is 1.00. The molecule has 0 unspecified atom stereocenters. The van der Waals surface area contributed by atoms with Crippen molar-refractivity contribution in [3.63, 3.8) is 0 Å². The molecule has 1 aromatic heterocycles. The Morgan fingerprint density at radius 1 is 1.00 bits per heavy atom. The average Bonchev–Trinajstić information content (AvgIpc) is 2.47. The lowest BCUT2D eigenvalue weighted by Crippen LogP contribution is -1.90. The van der Waals surface area contributed by atoms with Crippen LogP contribution in [0.2, 0.25) is 0 Å². The molecule has 3 aromatic rings. The van der Waals surface area contributed by atoms with Crippen molar-refractivity contribution in [2.75, 3.05) is 0 Å². The molecule has 0 N–H and O–H groups in total. The van der Waals surface area contributed by atoms with Crippen molar-refractivity contribution in [1.82, 2.24) is 4.98 Å². The Bertz CT molecular complexity index is 748. The SMILES string of the molecule is Cc1cc(C=O)cc2ccc(-c3ccccc3)nc12. The Kier molecular flexibility index (Phi) is 2.84. The standard InChI is InChI=1S/C17H13NO/c1-12-9-13(11-19)10-15-7-8-16(18-17(12)15)14-5-3-2-4-6-14/h2-11H,1H3. The molecule has 92 valence electrons. The van der Waals surface area contributed by atoms with E-state index in [4.69, 9.17) is 4.98 Å². The predicted molar refractivity (Wildman–Crippen MR) is 77.3 cm³/mol. The molecule has 0 saturated heterocycles. The highest BCUT2D eigenvalue weighted by Gasteiger charge is 2.05. The number of aldehydes is 1. The first kappa shape index (κ1) is 11.6. The van der Waals surface area contributed by atoms with Gasteiger partial charge in [0.15, 0.2) is 0 Å². The van der Waals surface area contributed by atoms with Crippen molar-refractivity contribution >= 4 is 17.2 Å². The van der Waals surface area contributed by atoms with Crippen LogP contribution in [-0.2, 0) is 0 Å². The fraction of sp³-hybridized carbons (Fsp3) is 0.0588. The summed E-state index contributed by atoms with van der Waals surface area (Å²) in [5.41, 5.74) is 4.72. The minimum Gasteiger partial charge on any atom is -0.298 e. The molecular weight excluding hydrogens is 234 g/mol. The minimum absolute atomic E-state index is 0.694. The van der Waals surface area contributed by atoms with E-state index in [9.17, 15) is 4.79 Å². The fourth-order valence-corrected chi connectivity index (χ4v) is 2.28. The van der Waals surface area contributed by atoms with Gasteiger partial charge in [0.1, 0.15) is 6.29 Å². The minimum atomic E-state index is 0.694. The maximum absolute atomic E-state index is 10.9. The zero-order chi connectivity index (χ0) is 13.2. The predicted octanol–water partition coefficient (Wildman–Crippen LogP) is 4.02. The average molecular weight is 247 g/mol. The van der Waals surface area contributed by atoms with Crippen LogP contribution in [0.25, 0.3) is 22.2 Å². The summed E-state index contributed by atoms with van der Waals surface area (Å²) < 4.78 is 0. The highest BCUT2D eigenvalue weighted by atomic mass is 16.1. The fourth-order valence-electron chi connectivity index (χ4n) is 2.28. The van der Waals surface area contributed by atoms with Crippen LogP contribution in [-0.4, -0.2) is 11.3 Å². The molecule has 2 aromatic carbocycles. The van der Waals surface area contributed by atoms with Crippen LogP contribution in [0, 0.1) is 6.92 Å². The molecule has 0 fully saturated rings. The molecule has 0 spiro atoms. The molecule has 0 aliphatic carbocycles. The van der Waals surface area contributed by atoms with E-state index in [2.05, 4.69) is 0 Å². The van der Waals surface area contributed by atoms with E-state index in [0.29, 0.717) is 5.56 Å². The van der Waals surface area contributed by atoms with Gasteiger partial charge in [-0.2, -0.15) is 0 Å². The first-order valence-corrected chi connectivity index (χ1v) is 6.20. The number of hydrogen-bond acceptors (Lipinski definition) is 2. The number of fused-ring (bicyclic) bond motifs is 1.